The van der Waals surface area contributed by atoms with Gasteiger partial charge in [-0.05, 0) is 68.9 Å². The van der Waals surface area contributed by atoms with Gasteiger partial charge < -0.3 is 14.4 Å². The number of esters is 1. The topological polar surface area (TPSA) is 76.2 Å². The smallest absolute Gasteiger partial charge is 0.332 e. The second-order valence-corrected chi connectivity index (χ2v) is 10.9. The van der Waals surface area contributed by atoms with E-state index in [0.717, 1.165) is 22.9 Å². The van der Waals surface area contributed by atoms with Crippen molar-refractivity contribution in [1.82, 2.24) is 4.90 Å². The van der Waals surface area contributed by atoms with Gasteiger partial charge in [0.2, 0.25) is 0 Å². The minimum atomic E-state index is -0.914. The molecule has 7 nitrogen and oxygen atoms in total. The largest absolute Gasteiger partial charge is 0.490 e. The quantitative estimate of drug-likeness (QED) is 0.159. The number of carbonyl (C=O) groups excluding carboxylic acids is 3. The van der Waals surface area contributed by atoms with Crippen molar-refractivity contribution < 1.29 is 23.9 Å². The predicted molar refractivity (Wildman–Crippen MR) is 146 cm³/mol. The summed E-state index contributed by atoms with van der Waals surface area (Å²) in [7, 11) is 0. The van der Waals surface area contributed by atoms with Crippen LogP contribution in [0.15, 0.2) is 40.9 Å². The average Bonchev–Trinajstić information content (AvgIpc) is 3.36. The number of hydrogen-bond donors (Lipinski definition) is 0. The van der Waals surface area contributed by atoms with Crippen LogP contribution in [0.1, 0.15) is 51.0 Å². The molecule has 2 heterocycles. The van der Waals surface area contributed by atoms with E-state index in [9.17, 15) is 14.4 Å². The molecule has 0 saturated carbocycles. The normalized spacial score (nSPS) is 18.9. The van der Waals surface area contributed by atoms with E-state index in [4.69, 9.17) is 32.7 Å². The van der Waals surface area contributed by atoms with Gasteiger partial charge in [-0.3, -0.25) is 9.59 Å². The van der Waals surface area contributed by atoms with Crippen LogP contribution in [-0.4, -0.2) is 48.1 Å². The van der Waals surface area contributed by atoms with E-state index in [2.05, 4.69) is 15.9 Å². The monoisotopic (exact) mass is 610 g/mol. The Labute approximate surface area is 235 Å². The highest BCUT2D eigenvalue weighted by molar-refractivity contribution is 9.10. The van der Waals surface area contributed by atoms with Crippen molar-refractivity contribution in [3.63, 3.8) is 0 Å². The summed E-state index contributed by atoms with van der Waals surface area (Å²) in [6.07, 6.45) is 4.41. The number of hydrogen-bond acceptors (Lipinski definition) is 5. The number of fused-ring (bicyclic) bond motifs is 1. The Balaban J connectivity index is 1.44. The molecule has 2 aliphatic heterocycles. The highest BCUT2D eigenvalue weighted by Gasteiger charge is 2.59. The fraction of sp³-hybridized carbons (Fsp3) is 0.444. The molecule has 1 unspecified atom stereocenters. The zero-order valence-corrected chi connectivity index (χ0v) is 23.7. The third-order valence-corrected chi connectivity index (χ3v) is 7.83. The number of halogens is 3. The van der Waals surface area contributed by atoms with Crippen molar-refractivity contribution in [1.29, 1.82) is 0 Å². The number of imide groups is 1. The molecule has 0 spiro atoms. The Morgan fingerprint density at radius 1 is 1.08 bits per heavy atom. The van der Waals surface area contributed by atoms with Crippen LogP contribution >= 0.6 is 39.1 Å². The van der Waals surface area contributed by atoms with Crippen LogP contribution in [0.2, 0.25) is 10.0 Å². The minimum absolute atomic E-state index is 0.199. The van der Waals surface area contributed by atoms with Crippen LogP contribution in [0.3, 0.4) is 0 Å². The SMILES string of the molecule is CCOC(=O)CCCCCOc1c(Cl)cc(N2C(=O)N3CCCC3(Cc3ccc(Br)cc3)C2=O)cc1Cl. The first kappa shape index (κ1) is 27.7. The van der Waals surface area contributed by atoms with Crippen molar-refractivity contribution in [3.8, 4) is 5.75 Å². The van der Waals surface area contributed by atoms with Gasteiger partial charge in [0, 0.05) is 23.9 Å². The van der Waals surface area contributed by atoms with E-state index in [1.165, 1.54) is 4.90 Å². The molecular weight excluding hydrogens is 583 g/mol. The number of amides is 3. The second kappa shape index (κ2) is 12.0. The maximum atomic E-state index is 13.8. The van der Waals surface area contributed by atoms with Crippen molar-refractivity contribution >= 4 is 62.7 Å². The Bertz CT molecular complexity index is 1150. The lowest BCUT2D eigenvalue weighted by molar-refractivity contribution is -0.143. The molecule has 0 aromatic heterocycles. The van der Waals surface area contributed by atoms with Crippen LogP contribution in [-0.2, 0) is 20.7 Å². The number of carbonyl (C=O) groups is 3. The summed E-state index contributed by atoms with van der Waals surface area (Å²) in [6.45, 7) is 3.06. The number of unbranched alkanes of at least 4 members (excludes halogenated alkanes) is 2. The van der Waals surface area contributed by atoms with Gasteiger partial charge in [0.1, 0.15) is 5.54 Å². The molecule has 37 heavy (non-hydrogen) atoms. The Kier molecular flexibility index (Phi) is 9.03. The van der Waals surface area contributed by atoms with Gasteiger partial charge >= 0.3 is 12.0 Å². The van der Waals surface area contributed by atoms with E-state index in [1.807, 2.05) is 24.3 Å². The molecule has 0 N–H and O–H groups in total. The van der Waals surface area contributed by atoms with Crippen LogP contribution < -0.4 is 9.64 Å². The highest BCUT2D eigenvalue weighted by atomic mass is 79.9. The standard InChI is InChI=1S/C27H29BrCl2N2O5/c1-2-36-23(33)7-4-3-5-14-37-24-21(29)15-20(16-22(24)30)32-25(34)27(12-6-13-31(27)26(32)35)17-18-8-10-19(28)11-9-18/h8-11,15-16H,2-7,12-14,17H2,1H3. The van der Waals surface area contributed by atoms with Gasteiger partial charge in [-0.2, -0.15) is 0 Å². The molecule has 2 fully saturated rings. The number of ether oxygens (including phenoxy) is 2. The van der Waals surface area contributed by atoms with E-state index in [-0.39, 0.29) is 28.0 Å². The van der Waals surface area contributed by atoms with Gasteiger partial charge in [-0.1, -0.05) is 51.3 Å². The Hall–Kier alpha value is -2.29. The van der Waals surface area contributed by atoms with E-state index in [0.29, 0.717) is 63.3 Å². The molecule has 2 aliphatic rings. The number of benzene rings is 2. The molecular formula is C27H29BrCl2N2O5. The Morgan fingerprint density at radius 2 is 1.78 bits per heavy atom. The Morgan fingerprint density at radius 3 is 2.46 bits per heavy atom. The van der Waals surface area contributed by atoms with Gasteiger partial charge in [-0.15, -0.1) is 0 Å². The summed E-state index contributed by atoms with van der Waals surface area (Å²) in [5.41, 5.74) is 0.402. The maximum Gasteiger partial charge on any atom is 0.332 e. The average molecular weight is 612 g/mol. The summed E-state index contributed by atoms with van der Waals surface area (Å²) in [6, 6.07) is 10.5. The number of rotatable bonds is 11. The molecule has 0 bridgehead atoms. The summed E-state index contributed by atoms with van der Waals surface area (Å²) < 4.78 is 11.7. The number of urea groups is 1. The van der Waals surface area contributed by atoms with Crippen molar-refractivity contribution in [2.24, 2.45) is 0 Å². The fourth-order valence-electron chi connectivity index (χ4n) is 4.99. The third kappa shape index (κ3) is 5.91. The molecule has 2 saturated heterocycles. The van der Waals surface area contributed by atoms with Crippen LogP contribution in [0.5, 0.6) is 5.75 Å². The number of nitrogens with zero attached hydrogens (tertiary/aromatic N) is 2. The first-order valence-corrected chi connectivity index (χ1v) is 14.0. The molecule has 2 aromatic carbocycles. The molecule has 4 rings (SSSR count). The lowest BCUT2D eigenvalue weighted by Crippen LogP contribution is -2.47. The molecule has 1 atom stereocenters. The van der Waals surface area contributed by atoms with E-state index < -0.39 is 5.54 Å². The zero-order valence-electron chi connectivity index (χ0n) is 20.6. The van der Waals surface area contributed by atoms with Gasteiger partial charge in [0.15, 0.2) is 5.75 Å². The van der Waals surface area contributed by atoms with Crippen molar-refractivity contribution in [2.45, 2.75) is 57.4 Å². The molecule has 198 valence electrons. The van der Waals surface area contributed by atoms with E-state index in [1.54, 1.807) is 24.0 Å². The van der Waals surface area contributed by atoms with Gasteiger partial charge in [0.25, 0.3) is 5.91 Å². The number of anilines is 1. The summed E-state index contributed by atoms with van der Waals surface area (Å²) in [5, 5.41) is 0.451. The summed E-state index contributed by atoms with van der Waals surface area (Å²) >= 11 is 16.4. The molecule has 10 heteroatoms. The van der Waals surface area contributed by atoms with Crippen LogP contribution in [0.25, 0.3) is 0 Å². The third-order valence-electron chi connectivity index (χ3n) is 6.74. The van der Waals surface area contributed by atoms with Gasteiger partial charge in [-0.25, -0.2) is 9.69 Å². The lowest BCUT2D eigenvalue weighted by atomic mass is 9.88. The summed E-state index contributed by atoms with van der Waals surface area (Å²) in [4.78, 5) is 41.4. The first-order chi connectivity index (χ1) is 17.8. The van der Waals surface area contributed by atoms with Crippen molar-refractivity contribution in [2.75, 3.05) is 24.7 Å². The molecule has 0 aliphatic carbocycles. The van der Waals surface area contributed by atoms with Gasteiger partial charge in [0.05, 0.1) is 28.9 Å². The lowest BCUT2D eigenvalue weighted by Gasteiger charge is -2.28. The maximum absolute atomic E-state index is 13.8. The molecule has 3 amide bonds. The fourth-order valence-corrected chi connectivity index (χ4v) is 5.84. The predicted octanol–water partition coefficient (Wildman–Crippen LogP) is 6.80. The first-order valence-electron chi connectivity index (χ1n) is 12.4. The van der Waals surface area contributed by atoms with Crippen molar-refractivity contribution in [3.05, 3.63) is 56.5 Å². The zero-order chi connectivity index (χ0) is 26.6. The molecule has 0 radical (unpaired) electrons. The van der Waals surface area contributed by atoms with Crippen LogP contribution in [0.4, 0.5) is 10.5 Å². The highest BCUT2D eigenvalue weighted by Crippen LogP contribution is 2.45. The summed E-state index contributed by atoms with van der Waals surface area (Å²) in [5.74, 6) is -0.155. The molecule has 2 aromatic rings. The van der Waals surface area contributed by atoms with E-state index >= 15 is 0 Å². The minimum Gasteiger partial charge on any atom is -0.490 e. The van der Waals surface area contributed by atoms with Crippen LogP contribution in [0, 0.1) is 0 Å². The second-order valence-electron chi connectivity index (χ2n) is 9.22.